The standard InChI is InChI=1S/C24H35NO3Si/c1-23(2,3)29(6,7)28-19-11-9-16-17-14-15-8-10-18(26-5)21-20(15)24(16,22(19)27-21)12-13-25(17)4/h8-10,17,19,22H,11-14H2,1-7H3/t17-,19+,22+,24+/m1/s1. The predicted octanol–water partition coefficient (Wildman–Crippen LogP) is 4.67. The number of rotatable bonds is 3. The highest BCUT2D eigenvalue weighted by Crippen LogP contribution is 2.62. The molecule has 1 spiro atoms. The Bertz CT molecular complexity index is 887. The van der Waals surface area contributed by atoms with E-state index < -0.39 is 8.32 Å². The van der Waals surface area contributed by atoms with Gasteiger partial charge in [-0.15, -0.1) is 0 Å². The molecule has 0 amide bonds. The van der Waals surface area contributed by atoms with Gasteiger partial charge in [-0.3, -0.25) is 4.90 Å². The van der Waals surface area contributed by atoms with Crippen molar-refractivity contribution in [3.05, 3.63) is 34.9 Å². The molecule has 4 atom stereocenters. The smallest absolute Gasteiger partial charge is 0.192 e. The number of methoxy groups -OCH3 is 1. The molecular weight excluding hydrogens is 378 g/mol. The SMILES string of the molecule is COc1ccc2c3c1O[C@H]1[C@@H](O[Si](C)(C)C(C)(C)C)CC=C4[C@@H](C2)N(C)CC[C@]431. The molecular formula is C24H35NO3Si. The van der Waals surface area contributed by atoms with Crippen LogP contribution in [0.4, 0.5) is 0 Å². The van der Waals surface area contributed by atoms with Gasteiger partial charge in [-0.05, 0) is 68.2 Å². The minimum absolute atomic E-state index is 0.0418. The molecule has 0 aromatic heterocycles. The largest absolute Gasteiger partial charge is 0.493 e. The van der Waals surface area contributed by atoms with Gasteiger partial charge >= 0.3 is 0 Å². The molecule has 5 heteroatoms. The Morgan fingerprint density at radius 2 is 2.00 bits per heavy atom. The topological polar surface area (TPSA) is 30.9 Å². The van der Waals surface area contributed by atoms with Gasteiger partial charge in [0.2, 0.25) is 0 Å². The van der Waals surface area contributed by atoms with E-state index in [-0.39, 0.29) is 22.7 Å². The van der Waals surface area contributed by atoms with Crippen molar-refractivity contribution in [2.24, 2.45) is 0 Å². The summed E-state index contributed by atoms with van der Waals surface area (Å²) in [6.07, 6.45) is 5.78. The van der Waals surface area contributed by atoms with Gasteiger partial charge in [0.15, 0.2) is 19.8 Å². The highest BCUT2D eigenvalue weighted by molar-refractivity contribution is 6.74. The van der Waals surface area contributed by atoms with E-state index >= 15 is 0 Å². The molecule has 1 aromatic carbocycles. The fourth-order valence-corrected chi connectivity index (χ4v) is 7.22. The molecule has 4 nitrogen and oxygen atoms in total. The lowest BCUT2D eigenvalue weighted by Gasteiger charge is -2.55. The number of hydrogen-bond donors (Lipinski definition) is 0. The van der Waals surface area contributed by atoms with Crippen LogP contribution in [-0.2, 0) is 16.3 Å². The van der Waals surface area contributed by atoms with Gasteiger partial charge in [-0.25, -0.2) is 0 Å². The first-order valence-electron chi connectivity index (χ1n) is 11.1. The van der Waals surface area contributed by atoms with Crippen molar-refractivity contribution < 1.29 is 13.9 Å². The van der Waals surface area contributed by atoms with Crippen LogP contribution < -0.4 is 9.47 Å². The second-order valence-electron chi connectivity index (χ2n) is 10.9. The normalized spacial score (nSPS) is 33.1. The molecule has 5 rings (SSSR count). The van der Waals surface area contributed by atoms with E-state index in [1.165, 1.54) is 11.1 Å². The Labute approximate surface area is 176 Å². The van der Waals surface area contributed by atoms with Crippen molar-refractivity contribution in [3.8, 4) is 11.5 Å². The summed E-state index contributed by atoms with van der Waals surface area (Å²) in [6, 6.07) is 4.85. The maximum absolute atomic E-state index is 7.00. The predicted molar refractivity (Wildman–Crippen MR) is 119 cm³/mol. The van der Waals surface area contributed by atoms with E-state index in [0.717, 1.165) is 37.3 Å². The van der Waals surface area contributed by atoms with Crippen LogP contribution in [0.3, 0.4) is 0 Å². The fourth-order valence-electron chi connectivity index (χ4n) is 5.89. The minimum Gasteiger partial charge on any atom is -0.493 e. The molecule has 0 N–H and O–H groups in total. The van der Waals surface area contributed by atoms with Gasteiger partial charge in [-0.1, -0.05) is 32.9 Å². The molecule has 158 valence electrons. The van der Waals surface area contributed by atoms with Crippen LogP contribution in [-0.4, -0.2) is 52.2 Å². The van der Waals surface area contributed by atoms with Crippen molar-refractivity contribution in [1.29, 1.82) is 0 Å². The van der Waals surface area contributed by atoms with Crippen molar-refractivity contribution in [2.45, 2.75) is 81.8 Å². The molecule has 2 heterocycles. The Kier molecular flexibility index (Phi) is 4.14. The van der Waals surface area contributed by atoms with Crippen LogP contribution in [0.5, 0.6) is 11.5 Å². The zero-order valence-corrected chi connectivity index (χ0v) is 20.0. The minimum atomic E-state index is -1.90. The molecule has 1 saturated heterocycles. The van der Waals surface area contributed by atoms with Gasteiger partial charge in [0.25, 0.3) is 0 Å². The van der Waals surface area contributed by atoms with Crippen molar-refractivity contribution in [3.63, 3.8) is 0 Å². The lowest BCUT2D eigenvalue weighted by Crippen LogP contribution is -2.63. The van der Waals surface area contributed by atoms with Gasteiger partial charge in [0.1, 0.15) is 6.10 Å². The number of nitrogens with zero attached hydrogens (tertiary/aromatic N) is 1. The highest BCUT2D eigenvalue weighted by Gasteiger charge is 2.63. The molecule has 0 unspecified atom stereocenters. The zero-order chi connectivity index (χ0) is 20.8. The second-order valence-corrected chi connectivity index (χ2v) is 15.7. The van der Waals surface area contributed by atoms with Crippen molar-refractivity contribution in [2.75, 3.05) is 20.7 Å². The third-order valence-electron chi connectivity index (χ3n) is 8.44. The van der Waals surface area contributed by atoms with Crippen LogP contribution in [0.2, 0.25) is 18.1 Å². The van der Waals surface area contributed by atoms with Gasteiger partial charge in [-0.2, -0.15) is 0 Å². The molecule has 2 bridgehead atoms. The molecule has 1 fully saturated rings. The highest BCUT2D eigenvalue weighted by atomic mass is 28.4. The number of hydrogen-bond acceptors (Lipinski definition) is 4. The second kappa shape index (κ2) is 6.11. The van der Waals surface area contributed by atoms with Crippen LogP contribution in [0.15, 0.2) is 23.8 Å². The average molecular weight is 414 g/mol. The summed E-state index contributed by atoms with van der Waals surface area (Å²) in [6.45, 7) is 12.8. The number of likely N-dealkylation sites (tertiary alicyclic amines) is 1. The third kappa shape index (κ3) is 2.50. The van der Waals surface area contributed by atoms with E-state index in [9.17, 15) is 0 Å². The Hall–Kier alpha value is -1.30. The first kappa shape index (κ1) is 19.6. The third-order valence-corrected chi connectivity index (χ3v) is 12.9. The number of likely N-dealkylation sites (N-methyl/N-ethyl adjacent to an activating group) is 1. The van der Waals surface area contributed by atoms with E-state index in [0.29, 0.717) is 6.04 Å². The Balaban J connectivity index is 1.65. The van der Waals surface area contributed by atoms with Gasteiger partial charge in [0.05, 0.1) is 18.6 Å². The Morgan fingerprint density at radius 1 is 1.24 bits per heavy atom. The summed E-state index contributed by atoms with van der Waals surface area (Å²) >= 11 is 0. The quantitative estimate of drug-likeness (QED) is 0.532. The molecule has 29 heavy (non-hydrogen) atoms. The first-order chi connectivity index (χ1) is 13.6. The summed E-state index contributed by atoms with van der Waals surface area (Å²) in [7, 11) is 2.12. The Morgan fingerprint density at radius 3 is 2.69 bits per heavy atom. The van der Waals surface area contributed by atoms with Crippen LogP contribution >= 0.6 is 0 Å². The summed E-state index contributed by atoms with van der Waals surface area (Å²) in [5.74, 6) is 1.85. The maximum atomic E-state index is 7.00. The van der Waals surface area contributed by atoms with Gasteiger partial charge < -0.3 is 13.9 Å². The van der Waals surface area contributed by atoms with E-state index in [1.54, 1.807) is 12.7 Å². The van der Waals surface area contributed by atoms with Crippen molar-refractivity contribution in [1.82, 2.24) is 4.90 Å². The fraction of sp³-hybridized carbons (Fsp3) is 0.667. The van der Waals surface area contributed by atoms with Crippen LogP contribution in [0.1, 0.15) is 44.7 Å². The average Bonchev–Trinajstić information content (AvgIpc) is 3.00. The summed E-state index contributed by atoms with van der Waals surface area (Å²) in [4.78, 5) is 2.54. The summed E-state index contributed by atoms with van der Waals surface area (Å²) in [5.41, 5.74) is 4.37. The van der Waals surface area contributed by atoms with Crippen LogP contribution in [0, 0.1) is 0 Å². The van der Waals surface area contributed by atoms with Crippen molar-refractivity contribution >= 4 is 8.32 Å². The van der Waals surface area contributed by atoms with Crippen LogP contribution in [0.25, 0.3) is 0 Å². The number of benzene rings is 1. The molecule has 4 aliphatic rings. The lowest BCUT2D eigenvalue weighted by molar-refractivity contribution is -0.00597. The monoisotopic (exact) mass is 413 g/mol. The first-order valence-corrected chi connectivity index (χ1v) is 14.0. The molecule has 0 radical (unpaired) electrons. The van der Waals surface area contributed by atoms with E-state index in [4.69, 9.17) is 13.9 Å². The molecule has 2 aliphatic carbocycles. The van der Waals surface area contributed by atoms with E-state index in [1.807, 2.05) is 0 Å². The molecule has 2 aliphatic heterocycles. The number of ether oxygens (including phenoxy) is 2. The molecule has 1 aromatic rings. The van der Waals surface area contributed by atoms with E-state index in [2.05, 4.69) is 64.0 Å². The van der Waals surface area contributed by atoms with Gasteiger partial charge in [0, 0.05) is 11.6 Å². The lowest BCUT2D eigenvalue weighted by atomic mass is 9.56. The number of piperidine rings is 1. The molecule has 0 saturated carbocycles. The maximum Gasteiger partial charge on any atom is 0.192 e. The zero-order valence-electron chi connectivity index (χ0n) is 19.0. The summed E-state index contributed by atoms with van der Waals surface area (Å²) < 4.78 is 19.6. The summed E-state index contributed by atoms with van der Waals surface area (Å²) in [5, 5.41) is 0.185.